The molecule has 1 radical (unpaired) electrons. The predicted molar refractivity (Wildman–Crippen MR) is 61.5 cm³/mol. The number of rotatable bonds is 0. The molecule has 0 atom stereocenters. The predicted octanol–water partition coefficient (Wildman–Crippen LogP) is -1.11. The Balaban J connectivity index is -0.00000000267. The normalized spacial score (nSPS) is 0.706. The van der Waals surface area contributed by atoms with Gasteiger partial charge in [-0.1, -0.05) is 0 Å². The SMILES string of the molecule is C#N.C#N.C#N.C#N.C#N.C#N.[Cu].[Fe].[KH].[KH].[KH]. The second-order valence-corrected chi connectivity index (χ2v) is 0. The Morgan fingerprint density at radius 2 is 0.353 bits per heavy atom. The summed E-state index contributed by atoms with van der Waals surface area (Å²) in [5.41, 5.74) is 0. The molecule has 11 heteroatoms. The van der Waals surface area contributed by atoms with Gasteiger partial charge in [-0.25, -0.2) is 31.6 Å². The Kier molecular flexibility index (Phi) is 3830. The van der Waals surface area contributed by atoms with Crippen molar-refractivity contribution in [1.82, 2.24) is 0 Å². The molecule has 0 aromatic rings. The van der Waals surface area contributed by atoms with Crippen LogP contribution < -0.4 is 0 Å². The molecule has 0 unspecified atom stereocenters. The first-order chi connectivity index (χ1) is 6.00. The van der Waals surface area contributed by atoms with Crippen molar-refractivity contribution in [2.45, 2.75) is 0 Å². The van der Waals surface area contributed by atoms with Crippen molar-refractivity contribution in [2.75, 3.05) is 0 Å². The molecule has 0 heterocycles. The summed E-state index contributed by atoms with van der Waals surface area (Å²) in [5, 5.41) is 39.0. The van der Waals surface area contributed by atoms with Gasteiger partial charge in [0.2, 0.25) is 0 Å². The quantitative estimate of drug-likeness (QED) is 0.471. The van der Waals surface area contributed by atoms with Gasteiger partial charge in [0, 0.05) is 73.6 Å². The van der Waals surface area contributed by atoms with Crippen LogP contribution in [0.25, 0.3) is 0 Å². The van der Waals surface area contributed by atoms with E-state index in [1.165, 1.54) is 0 Å². The molecule has 0 aliphatic rings. The van der Waals surface area contributed by atoms with Gasteiger partial charge in [0.15, 0.2) is 0 Å². The Bertz CT molecular complexity index is 109. The van der Waals surface area contributed by atoms with Gasteiger partial charge in [-0.3, -0.25) is 0 Å². The minimum absolute atomic E-state index is 0. The van der Waals surface area contributed by atoms with Crippen LogP contribution >= 0.6 is 0 Å². The molecule has 0 fully saturated rings. The van der Waals surface area contributed by atoms with E-state index in [-0.39, 0.29) is 188 Å². The first-order valence-corrected chi connectivity index (χ1v) is 1.55. The van der Waals surface area contributed by atoms with E-state index in [4.69, 9.17) is 31.6 Å². The fraction of sp³-hybridized carbons (Fsp3) is 0. The topological polar surface area (TPSA) is 143 Å². The molecule has 0 aliphatic carbocycles. The molecule has 0 aromatic heterocycles. The monoisotopic (exact) mass is 401 g/mol. The summed E-state index contributed by atoms with van der Waals surface area (Å²) in [4.78, 5) is 0. The molecule has 0 rings (SSSR count). The van der Waals surface area contributed by atoms with Gasteiger partial charge in [-0.05, 0) is 0 Å². The molecular formula is C6H9CuFeK3N6. The summed E-state index contributed by atoms with van der Waals surface area (Å²) in [7, 11) is 0. The Hall–Kier alpha value is 2.89. The average molecular weight is 402 g/mol. The molecule has 0 bridgehead atoms. The molecule has 0 spiro atoms. The van der Waals surface area contributed by atoms with E-state index < -0.39 is 0 Å². The zero-order chi connectivity index (χ0) is 12.0. The molecule has 0 aromatic carbocycles. The maximum atomic E-state index is 6.50. The number of hydrogen-bond acceptors (Lipinski definition) is 6. The van der Waals surface area contributed by atoms with Crippen molar-refractivity contribution in [3.05, 3.63) is 0 Å². The van der Waals surface area contributed by atoms with Crippen molar-refractivity contribution >= 4 is 154 Å². The van der Waals surface area contributed by atoms with E-state index in [9.17, 15) is 0 Å². The van der Waals surface area contributed by atoms with Gasteiger partial charge < -0.3 is 0 Å². The van der Waals surface area contributed by atoms with Crippen molar-refractivity contribution < 1.29 is 34.1 Å². The number of nitrogens with zero attached hydrogens (tertiary/aromatic N) is 6. The third kappa shape index (κ3) is 646. The van der Waals surface area contributed by atoms with E-state index in [2.05, 4.69) is 39.4 Å². The van der Waals surface area contributed by atoms with Gasteiger partial charge in [-0.2, -0.15) is 0 Å². The zero-order valence-corrected chi connectivity index (χ0v) is 8.85. The van der Waals surface area contributed by atoms with Crippen molar-refractivity contribution in [3.63, 3.8) is 0 Å². The second-order valence-electron chi connectivity index (χ2n) is 0. The van der Waals surface area contributed by atoms with E-state index >= 15 is 0 Å². The first kappa shape index (κ1) is 89.8. The van der Waals surface area contributed by atoms with Crippen LogP contribution in [-0.4, -0.2) is 154 Å². The van der Waals surface area contributed by atoms with Crippen LogP contribution in [0.5, 0.6) is 0 Å². The van der Waals surface area contributed by atoms with Crippen LogP contribution in [0.1, 0.15) is 0 Å². The molecule has 85 valence electrons. The van der Waals surface area contributed by atoms with Gasteiger partial charge in [0.25, 0.3) is 0 Å². The number of nitriles is 6. The molecule has 0 aliphatic heterocycles. The molecule has 17 heavy (non-hydrogen) atoms. The van der Waals surface area contributed by atoms with E-state index in [1.807, 2.05) is 0 Å². The summed E-state index contributed by atoms with van der Waals surface area (Å²) >= 11 is 0. The maximum absolute atomic E-state index is 6.50. The Morgan fingerprint density at radius 1 is 0.353 bits per heavy atom. The summed E-state index contributed by atoms with van der Waals surface area (Å²) in [6.45, 7) is 21.0. The molecule has 0 N–H and O–H groups in total. The van der Waals surface area contributed by atoms with Gasteiger partial charge in [0.05, 0.1) is 0 Å². The molecule has 0 saturated heterocycles. The standard InChI is InChI=1S/6CHN.Cu.Fe.3K.3H/c6*1-2;;;;;;;;/h6*1H;;;;;;;;. The minimum atomic E-state index is 0. The fourth-order valence-electron chi connectivity index (χ4n) is 0. The van der Waals surface area contributed by atoms with Crippen LogP contribution in [0.2, 0.25) is 0 Å². The van der Waals surface area contributed by atoms with E-state index in [1.54, 1.807) is 0 Å². The molecule has 0 amide bonds. The summed E-state index contributed by atoms with van der Waals surface area (Å²) in [6.07, 6.45) is 0. The second kappa shape index (κ2) is 725. The van der Waals surface area contributed by atoms with Gasteiger partial charge in [0.1, 0.15) is 0 Å². The summed E-state index contributed by atoms with van der Waals surface area (Å²) < 4.78 is 0. The van der Waals surface area contributed by atoms with Crippen molar-refractivity contribution in [2.24, 2.45) is 0 Å². The summed E-state index contributed by atoms with van der Waals surface area (Å²) in [6, 6.07) is 0. The van der Waals surface area contributed by atoms with E-state index in [0.717, 1.165) is 0 Å². The average Bonchev–Trinajstić information content (AvgIpc) is 2.33. The molecule has 6 nitrogen and oxygen atoms in total. The fourth-order valence-corrected chi connectivity index (χ4v) is 0. The van der Waals surface area contributed by atoms with Crippen LogP contribution in [0.4, 0.5) is 0 Å². The first-order valence-electron chi connectivity index (χ1n) is 1.55. The molecule has 0 saturated carbocycles. The van der Waals surface area contributed by atoms with Crippen LogP contribution in [-0.2, 0) is 34.1 Å². The Labute approximate surface area is 252 Å². The Morgan fingerprint density at radius 3 is 0.353 bits per heavy atom. The van der Waals surface area contributed by atoms with Crippen molar-refractivity contribution in [1.29, 1.82) is 31.6 Å². The van der Waals surface area contributed by atoms with Gasteiger partial charge >= 0.3 is 154 Å². The van der Waals surface area contributed by atoms with Gasteiger partial charge in [-0.15, -0.1) is 0 Å². The zero-order valence-electron chi connectivity index (χ0n) is 6.80. The van der Waals surface area contributed by atoms with Crippen LogP contribution in [0.3, 0.4) is 0 Å². The summed E-state index contributed by atoms with van der Waals surface area (Å²) in [5.74, 6) is 0. The third-order valence-electron chi connectivity index (χ3n) is 0. The van der Waals surface area contributed by atoms with Crippen molar-refractivity contribution in [3.8, 4) is 39.4 Å². The van der Waals surface area contributed by atoms with Crippen LogP contribution in [0.15, 0.2) is 0 Å². The number of hydrogen-bond donors (Lipinski definition) is 0. The third-order valence-corrected chi connectivity index (χ3v) is 0. The van der Waals surface area contributed by atoms with E-state index in [0.29, 0.717) is 0 Å². The van der Waals surface area contributed by atoms with Crippen LogP contribution in [0, 0.1) is 71.0 Å². The molecular weight excluding hydrogens is 393 g/mol.